The van der Waals surface area contributed by atoms with Gasteiger partial charge >= 0.3 is 0 Å². The van der Waals surface area contributed by atoms with Crippen LogP contribution in [0.3, 0.4) is 0 Å². The molecular formula is C15H15FN2O3. The second kappa shape index (κ2) is 4.95. The minimum atomic E-state index is -0.851. The van der Waals surface area contributed by atoms with Crippen molar-refractivity contribution < 1.29 is 18.8 Å². The van der Waals surface area contributed by atoms with E-state index in [9.17, 15) is 18.8 Å². The third kappa shape index (κ3) is 2.53. The van der Waals surface area contributed by atoms with Crippen molar-refractivity contribution in [1.82, 2.24) is 5.32 Å². The molecule has 0 bridgehead atoms. The van der Waals surface area contributed by atoms with Crippen molar-refractivity contribution in [3.05, 3.63) is 29.1 Å². The summed E-state index contributed by atoms with van der Waals surface area (Å²) in [6.45, 7) is 1.88. The second-order valence-corrected chi connectivity index (χ2v) is 5.61. The summed E-state index contributed by atoms with van der Waals surface area (Å²) in [7, 11) is 0. The number of aryl methyl sites for hydroxylation is 1. The molecule has 0 aromatic heterocycles. The normalized spacial score (nSPS) is 17.1. The molecule has 2 aliphatic rings. The molecule has 110 valence electrons. The zero-order chi connectivity index (χ0) is 15.1. The standard InChI is InChI=1S/C15H15FN2O3/c1-8-4-10-13(11(16)5-8)18(15(21)14(10)20)7-12(19)17-6-9-2-3-9/h4-5,9H,2-3,6-7H2,1H3,(H,17,19). The fourth-order valence-electron chi connectivity index (χ4n) is 2.45. The number of rotatable bonds is 4. The lowest BCUT2D eigenvalue weighted by Crippen LogP contribution is -2.41. The number of ketones is 1. The minimum absolute atomic E-state index is 0.0347. The molecule has 0 atom stereocenters. The van der Waals surface area contributed by atoms with Gasteiger partial charge in [0.05, 0.1) is 11.3 Å². The van der Waals surface area contributed by atoms with Gasteiger partial charge in [-0.25, -0.2) is 4.39 Å². The predicted octanol–water partition coefficient (Wildman–Crippen LogP) is 1.19. The van der Waals surface area contributed by atoms with Gasteiger partial charge in [0.15, 0.2) is 0 Å². The molecule has 1 saturated carbocycles. The number of fused-ring (bicyclic) bond motifs is 1. The number of carbonyl (C=O) groups is 3. The lowest BCUT2D eigenvalue weighted by atomic mass is 10.1. The topological polar surface area (TPSA) is 66.5 Å². The molecule has 1 aromatic carbocycles. The molecule has 0 unspecified atom stereocenters. The fourth-order valence-corrected chi connectivity index (χ4v) is 2.45. The van der Waals surface area contributed by atoms with Crippen LogP contribution >= 0.6 is 0 Å². The summed E-state index contributed by atoms with van der Waals surface area (Å²) in [6.07, 6.45) is 2.19. The van der Waals surface area contributed by atoms with Crippen LogP contribution in [-0.2, 0) is 9.59 Å². The van der Waals surface area contributed by atoms with Crippen molar-refractivity contribution in [2.75, 3.05) is 18.0 Å². The van der Waals surface area contributed by atoms with Gasteiger partial charge in [-0.1, -0.05) is 0 Å². The van der Waals surface area contributed by atoms with Crippen LogP contribution < -0.4 is 10.2 Å². The lowest BCUT2D eigenvalue weighted by Gasteiger charge is -2.16. The lowest BCUT2D eigenvalue weighted by molar-refractivity contribution is -0.122. The van der Waals surface area contributed by atoms with Crippen molar-refractivity contribution in [2.45, 2.75) is 19.8 Å². The molecule has 1 aliphatic heterocycles. The van der Waals surface area contributed by atoms with Gasteiger partial charge in [-0.05, 0) is 43.4 Å². The third-order valence-corrected chi connectivity index (χ3v) is 3.75. The average Bonchev–Trinajstić information content (AvgIpc) is 3.21. The first-order chi connectivity index (χ1) is 9.97. The largest absolute Gasteiger partial charge is 0.354 e. The molecule has 0 saturated heterocycles. The van der Waals surface area contributed by atoms with Crippen molar-refractivity contribution >= 4 is 23.3 Å². The van der Waals surface area contributed by atoms with E-state index >= 15 is 0 Å². The van der Waals surface area contributed by atoms with Crippen LogP contribution in [-0.4, -0.2) is 30.7 Å². The first-order valence-electron chi connectivity index (χ1n) is 6.90. The van der Waals surface area contributed by atoms with Gasteiger partial charge < -0.3 is 5.32 Å². The van der Waals surface area contributed by atoms with Crippen LogP contribution in [0.4, 0.5) is 10.1 Å². The van der Waals surface area contributed by atoms with Crippen molar-refractivity contribution in [1.29, 1.82) is 0 Å². The number of nitrogens with zero attached hydrogens (tertiary/aromatic N) is 1. The highest BCUT2D eigenvalue weighted by molar-refractivity contribution is 6.52. The van der Waals surface area contributed by atoms with Gasteiger partial charge in [0.25, 0.3) is 11.7 Å². The molecule has 1 aromatic rings. The molecule has 6 heteroatoms. The van der Waals surface area contributed by atoms with Gasteiger partial charge in [0.2, 0.25) is 5.91 Å². The van der Waals surface area contributed by atoms with E-state index < -0.39 is 17.5 Å². The molecule has 1 N–H and O–H groups in total. The molecule has 0 radical (unpaired) electrons. The van der Waals surface area contributed by atoms with Crippen molar-refractivity contribution in [3.8, 4) is 0 Å². The SMILES string of the molecule is Cc1cc(F)c2c(c1)C(=O)C(=O)N2CC(=O)NCC1CC1. The van der Waals surface area contributed by atoms with E-state index in [1.165, 1.54) is 12.1 Å². The van der Waals surface area contributed by atoms with Crippen molar-refractivity contribution in [2.24, 2.45) is 5.92 Å². The molecule has 5 nitrogen and oxygen atoms in total. The summed E-state index contributed by atoms with van der Waals surface area (Å²) in [5.74, 6) is -2.13. The molecule has 1 fully saturated rings. The number of anilines is 1. The highest BCUT2D eigenvalue weighted by atomic mass is 19.1. The number of hydrogen-bond donors (Lipinski definition) is 1. The van der Waals surface area contributed by atoms with E-state index in [4.69, 9.17) is 0 Å². The van der Waals surface area contributed by atoms with Gasteiger partial charge in [-0.3, -0.25) is 19.3 Å². The Labute approximate surface area is 121 Å². The molecule has 21 heavy (non-hydrogen) atoms. The molecular weight excluding hydrogens is 275 g/mol. The average molecular weight is 290 g/mol. The first kappa shape index (κ1) is 13.7. The quantitative estimate of drug-likeness (QED) is 0.847. The monoisotopic (exact) mass is 290 g/mol. The Kier molecular flexibility index (Phi) is 3.23. The van der Waals surface area contributed by atoms with E-state index in [1.807, 2.05) is 0 Å². The maximum atomic E-state index is 14.0. The molecule has 0 spiro atoms. The van der Waals surface area contributed by atoms with Gasteiger partial charge in [-0.15, -0.1) is 0 Å². The van der Waals surface area contributed by atoms with Gasteiger partial charge in [0, 0.05) is 6.54 Å². The zero-order valence-corrected chi connectivity index (χ0v) is 11.6. The minimum Gasteiger partial charge on any atom is -0.354 e. The second-order valence-electron chi connectivity index (χ2n) is 5.61. The summed E-state index contributed by atoms with van der Waals surface area (Å²) in [4.78, 5) is 36.6. The van der Waals surface area contributed by atoms with Gasteiger partial charge in [0.1, 0.15) is 12.4 Å². The third-order valence-electron chi connectivity index (χ3n) is 3.75. The summed E-state index contributed by atoms with van der Waals surface area (Å²) < 4.78 is 14.0. The number of hydrogen-bond acceptors (Lipinski definition) is 3. The molecule has 3 rings (SSSR count). The highest BCUT2D eigenvalue weighted by Gasteiger charge is 2.39. The summed E-state index contributed by atoms with van der Waals surface area (Å²) in [6, 6.07) is 2.72. The van der Waals surface area contributed by atoms with E-state index in [1.54, 1.807) is 6.92 Å². The van der Waals surface area contributed by atoms with Crippen molar-refractivity contribution in [3.63, 3.8) is 0 Å². The Morgan fingerprint density at radius 2 is 2.10 bits per heavy atom. The molecule has 1 aliphatic carbocycles. The van der Waals surface area contributed by atoms with Crippen LogP contribution in [0, 0.1) is 18.7 Å². The zero-order valence-electron chi connectivity index (χ0n) is 11.6. The number of carbonyl (C=O) groups excluding carboxylic acids is 3. The number of Topliss-reactive ketones (excluding diaryl/α,β-unsaturated/α-hetero) is 1. The smallest absolute Gasteiger partial charge is 0.300 e. The van der Waals surface area contributed by atoms with E-state index in [-0.39, 0.29) is 23.7 Å². The Balaban J connectivity index is 1.81. The Morgan fingerprint density at radius 3 is 2.76 bits per heavy atom. The van der Waals surface area contributed by atoms with Crippen LogP contribution in [0.5, 0.6) is 0 Å². The Hall–Kier alpha value is -2.24. The molecule has 1 heterocycles. The predicted molar refractivity (Wildman–Crippen MR) is 73.6 cm³/mol. The summed E-state index contributed by atoms with van der Waals surface area (Å²) in [5, 5.41) is 2.70. The summed E-state index contributed by atoms with van der Waals surface area (Å²) in [5.41, 5.74) is 0.511. The number of benzene rings is 1. The van der Waals surface area contributed by atoms with Crippen LogP contribution in [0.15, 0.2) is 12.1 Å². The van der Waals surface area contributed by atoms with Crippen LogP contribution in [0.2, 0.25) is 0 Å². The highest BCUT2D eigenvalue weighted by Crippen LogP contribution is 2.32. The maximum Gasteiger partial charge on any atom is 0.300 e. The van der Waals surface area contributed by atoms with Crippen LogP contribution in [0.25, 0.3) is 0 Å². The van der Waals surface area contributed by atoms with E-state index in [0.29, 0.717) is 18.0 Å². The van der Waals surface area contributed by atoms with E-state index in [0.717, 1.165) is 17.7 Å². The number of nitrogens with one attached hydrogen (secondary N) is 1. The number of amides is 2. The number of halogens is 1. The van der Waals surface area contributed by atoms with E-state index in [2.05, 4.69) is 5.32 Å². The fraction of sp³-hybridized carbons (Fsp3) is 0.400. The van der Waals surface area contributed by atoms with Gasteiger partial charge in [-0.2, -0.15) is 0 Å². The summed E-state index contributed by atoms with van der Waals surface area (Å²) >= 11 is 0. The Bertz CT molecular complexity index is 653. The maximum absolute atomic E-state index is 14.0. The molecule has 2 amide bonds. The van der Waals surface area contributed by atoms with Crippen LogP contribution in [0.1, 0.15) is 28.8 Å². The Morgan fingerprint density at radius 1 is 1.38 bits per heavy atom. The first-order valence-corrected chi connectivity index (χ1v) is 6.90.